The van der Waals surface area contributed by atoms with Gasteiger partial charge in [0, 0.05) is 57.8 Å². The van der Waals surface area contributed by atoms with Gasteiger partial charge in [-0.3, -0.25) is 4.90 Å². The molecule has 2 saturated heterocycles. The van der Waals surface area contributed by atoms with Crippen molar-refractivity contribution >= 4 is 38.7 Å². The fourth-order valence-electron chi connectivity index (χ4n) is 4.03. The van der Waals surface area contributed by atoms with Gasteiger partial charge in [0.05, 0.1) is 15.8 Å². The van der Waals surface area contributed by atoms with Gasteiger partial charge in [-0.1, -0.05) is 23.2 Å². The molecule has 0 spiro atoms. The Morgan fingerprint density at radius 1 is 1.04 bits per heavy atom. The zero-order valence-electron chi connectivity index (χ0n) is 15.9. The number of likely N-dealkylation sites (tertiary alicyclic amines) is 1. The van der Waals surface area contributed by atoms with Crippen molar-refractivity contribution in [3.63, 3.8) is 0 Å². The molecule has 0 N–H and O–H groups in total. The largest absolute Gasteiger partial charge is 0.369 e. The van der Waals surface area contributed by atoms with Gasteiger partial charge in [0.15, 0.2) is 0 Å². The van der Waals surface area contributed by atoms with E-state index in [1.165, 1.54) is 12.7 Å². The lowest BCUT2D eigenvalue weighted by molar-refractivity contribution is 0.134. The SMILES string of the molecule is CS(=O)(=O)CCN1CCC[C@@H](CN2CCN(c3ccc(Cl)c(Cl)c3)CC2)C1. The average molecular weight is 434 g/mol. The van der Waals surface area contributed by atoms with E-state index >= 15 is 0 Å². The minimum atomic E-state index is -2.88. The summed E-state index contributed by atoms with van der Waals surface area (Å²) in [6.07, 6.45) is 3.72. The number of piperazine rings is 1. The van der Waals surface area contributed by atoms with Crippen molar-refractivity contribution in [1.82, 2.24) is 9.80 Å². The van der Waals surface area contributed by atoms with Crippen molar-refractivity contribution in [2.45, 2.75) is 12.8 Å². The van der Waals surface area contributed by atoms with Crippen LogP contribution < -0.4 is 4.90 Å². The fraction of sp³-hybridized carbons (Fsp3) is 0.684. The highest BCUT2D eigenvalue weighted by atomic mass is 35.5. The molecule has 1 aromatic carbocycles. The van der Waals surface area contributed by atoms with Crippen LogP contribution >= 0.6 is 23.2 Å². The summed E-state index contributed by atoms with van der Waals surface area (Å²) in [4.78, 5) is 7.22. The number of hydrogen-bond acceptors (Lipinski definition) is 5. The predicted octanol–water partition coefficient (Wildman–Crippen LogP) is 2.87. The first-order valence-electron chi connectivity index (χ1n) is 9.62. The lowest BCUT2D eigenvalue weighted by atomic mass is 9.97. The van der Waals surface area contributed by atoms with E-state index in [0.29, 0.717) is 22.5 Å². The Morgan fingerprint density at radius 2 is 1.78 bits per heavy atom. The second-order valence-electron chi connectivity index (χ2n) is 7.82. The summed E-state index contributed by atoms with van der Waals surface area (Å²) in [6, 6.07) is 5.84. The summed E-state index contributed by atoms with van der Waals surface area (Å²) in [5.74, 6) is 0.900. The quantitative estimate of drug-likeness (QED) is 0.689. The number of hydrogen-bond donors (Lipinski definition) is 0. The minimum absolute atomic E-state index is 0.266. The molecule has 0 unspecified atom stereocenters. The molecular weight excluding hydrogens is 405 g/mol. The molecule has 27 heavy (non-hydrogen) atoms. The number of anilines is 1. The molecule has 0 bridgehead atoms. The standard InChI is InChI=1S/C19H29Cl2N3O2S/c1-27(25,26)12-11-22-6-2-3-16(14-22)15-23-7-9-24(10-8-23)17-4-5-18(20)19(21)13-17/h4-5,13,16H,2-3,6-12,14-15H2,1H3/t16-/m1/s1. The lowest BCUT2D eigenvalue weighted by Gasteiger charge is -2.40. The first kappa shape index (κ1) is 21.2. The number of halogens is 2. The van der Waals surface area contributed by atoms with Crippen molar-refractivity contribution in [2.24, 2.45) is 5.92 Å². The van der Waals surface area contributed by atoms with E-state index in [1.807, 2.05) is 18.2 Å². The number of nitrogens with zero attached hydrogens (tertiary/aromatic N) is 3. The Hall–Kier alpha value is -0.530. The van der Waals surface area contributed by atoms with Crippen molar-refractivity contribution in [3.05, 3.63) is 28.2 Å². The van der Waals surface area contributed by atoms with Crippen LogP contribution in [0.5, 0.6) is 0 Å². The van der Waals surface area contributed by atoms with E-state index in [2.05, 4.69) is 14.7 Å². The summed E-state index contributed by atoms with van der Waals surface area (Å²) >= 11 is 12.2. The van der Waals surface area contributed by atoms with E-state index in [0.717, 1.165) is 57.9 Å². The number of sulfone groups is 1. The predicted molar refractivity (Wildman–Crippen MR) is 114 cm³/mol. The van der Waals surface area contributed by atoms with Crippen molar-refractivity contribution < 1.29 is 8.42 Å². The number of piperidine rings is 1. The van der Waals surface area contributed by atoms with Crippen LogP contribution in [0.15, 0.2) is 18.2 Å². The van der Waals surface area contributed by atoms with Crippen LogP contribution in [0.3, 0.4) is 0 Å². The molecule has 152 valence electrons. The number of benzene rings is 1. The maximum Gasteiger partial charge on any atom is 0.148 e. The average Bonchev–Trinajstić information content (AvgIpc) is 2.63. The molecular formula is C19H29Cl2N3O2S. The van der Waals surface area contributed by atoms with E-state index in [9.17, 15) is 8.42 Å². The lowest BCUT2D eigenvalue weighted by Crippen LogP contribution is -2.50. The van der Waals surface area contributed by atoms with Gasteiger partial charge in [-0.25, -0.2) is 8.42 Å². The Kier molecular flexibility index (Phi) is 7.31. The van der Waals surface area contributed by atoms with Crippen LogP contribution in [-0.4, -0.2) is 82.6 Å². The van der Waals surface area contributed by atoms with E-state index in [4.69, 9.17) is 23.2 Å². The smallest absolute Gasteiger partial charge is 0.148 e. The van der Waals surface area contributed by atoms with Gasteiger partial charge >= 0.3 is 0 Å². The summed E-state index contributed by atoms with van der Waals surface area (Å²) in [5.41, 5.74) is 1.13. The zero-order chi connectivity index (χ0) is 19.4. The molecule has 0 aliphatic carbocycles. The maximum absolute atomic E-state index is 11.4. The molecule has 2 aliphatic rings. The van der Waals surface area contributed by atoms with Crippen LogP contribution in [-0.2, 0) is 9.84 Å². The first-order valence-corrected chi connectivity index (χ1v) is 12.4. The molecule has 5 nitrogen and oxygen atoms in total. The van der Waals surface area contributed by atoms with E-state index in [1.54, 1.807) is 0 Å². The zero-order valence-corrected chi connectivity index (χ0v) is 18.2. The monoisotopic (exact) mass is 433 g/mol. The summed E-state index contributed by atoms with van der Waals surface area (Å²) in [6.45, 7) is 7.87. The van der Waals surface area contributed by atoms with Crippen molar-refractivity contribution in [3.8, 4) is 0 Å². The van der Waals surface area contributed by atoms with E-state index in [-0.39, 0.29) is 5.75 Å². The normalized spacial score (nSPS) is 22.9. The Balaban J connectivity index is 1.45. The third kappa shape index (κ3) is 6.50. The molecule has 0 amide bonds. The second kappa shape index (κ2) is 9.31. The highest BCUT2D eigenvalue weighted by Gasteiger charge is 2.25. The van der Waals surface area contributed by atoms with Crippen molar-refractivity contribution in [1.29, 1.82) is 0 Å². The van der Waals surface area contributed by atoms with Gasteiger partial charge in [-0.2, -0.15) is 0 Å². The van der Waals surface area contributed by atoms with Crippen LogP contribution in [0.25, 0.3) is 0 Å². The number of rotatable bonds is 6. The van der Waals surface area contributed by atoms with Gasteiger partial charge in [0.25, 0.3) is 0 Å². The molecule has 3 rings (SSSR count). The molecule has 0 radical (unpaired) electrons. The van der Waals surface area contributed by atoms with Gasteiger partial charge in [-0.15, -0.1) is 0 Å². The molecule has 2 heterocycles. The molecule has 1 atom stereocenters. The topological polar surface area (TPSA) is 43.9 Å². The van der Waals surface area contributed by atoms with Gasteiger partial charge in [0.1, 0.15) is 9.84 Å². The summed E-state index contributed by atoms with van der Waals surface area (Å²) < 4.78 is 22.8. The first-order chi connectivity index (χ1) is 12.8. The van der Waals surface area contributed by atoms with E-state index < -0.39 is 9.84 Å². The summed E-state index contributed by atoms with van der Waals surface area (Å²) in [5, 5.41) is 1.20. The highest BCUT2D eigenvalue weighted by Crippen LogP contribution is 2.28. The van der Waals surface area contributed by atoms with Crippen LogP contribution in [0.4, 0.5) is 5.69 Å². The van der Waals surface area contributed by atoms with Crippen molar-refractivity contribution in [2.75, 3.05) is 69.3 Å². The third-order valence-corrected chi connectivity index (χ3v) is 7.20. The molecule has 0 saturated carbocycles. The minimum Gasteiger partial charge on any atom is -0.369 e. The second-order valence-corrected chi connectivity index (χ2v) is 10.9. The van der Waals surface area contributed by atoms with Gasteiger partial charge in [-0.05, 0) is 43.5 Å². The third-order valence-electron chi connectivity index (χ3n) is 5.54. The maximum atomic E-state index is 11.4. The van der Waals surface area contributed by atoms with Gasteiger partial charge in [0.2, 0.25) is 0 Å². The Morgan fingerprint density at radius 3 is 2.44 bits per heavy atom. The molecule has 1 aromatic rings. The highest BCUT2D eigenvalue weighted by molar-refractivity contribution is 7.90. The van der Waals surface area contributed by atoms with Crippen LogP contribution in [0.1, 0.15) is 12.8 Å². The molecule has 2 fully saturated rings. The van der Waals surface area contributed by atoms with Crippen LogP contribution in [0.2, 0.25) is 10.0 Å². The molecule has 8 heteroatoms. The molecule has 0 aromatic heterocycles. The fourth-order valence-corrected chi connectivity index (χ4v) is 4.92. The van der Waals surface area contributed by atoms with Gasteiger partial charge < -0.3 is 9.80 Å². The van der Waals surface area contributed by atoms with Crippen LogP contribution in [0, 0.1) is 5.92 Å². The Labute approximate surface area is 173 Å². The Bertz CT molecular complexity index is 736. The summed E-state index contributed by atoms with van der Waals surface area (Å²) in [7, 11) is -2.88. The molecule has 2 aliphatic heterocycles.